The molecule has 1 aromatic rings. The van der Waals surface area contributed by atoms with Gasteiger partial charge in [-0.25, -0.2) is 0 Å². The molecule has 19 heavy (non-hydrogen) atoms. The van der Waals surface area contributed by atoms with Gasteiger partial charge in [-0.1, -0.05) is 11.6 Å². The number of nitrogens with one attached hydrogen (secondary N) is 1. The lowest BCUT2D eigenvalue weighted by Crippen LogP contribution is -2.39. The van der Waals surface area contributed by atoms with Crippen molar-refractivity contribution < 1.29 is 4.79 Å². The molecule has 2 bridgehead atoms. The number of hydrogen-bond acceptors (Lipinski definition) is 2. The van der Waals surface area contributed by atoms with E-state index in [1.54, 1.807) is 24.3 Å². The van der Waals surface area contributed by atoms with Crippen LogP contribution in [0.5, 0.6) is 0 Å². The zero-order valence-electron chi connectivity index (χ0n) is 10.6. The molecule has 2 heterocycles. The highest BCUT2D eigenvalue weighted by molar-refractivity contribution is 6.30. The van der Waals surface area contributed by atoms with Gasteiger partial charge in [0, 0.05) is 35.8 Å². The van der Waals surface area contributed by atoms with Crippen LogP contribution in [0, 0.1) is 0 Å². The molecule has 0 radical (unpaired) electrons. The van der Waals surface area contributed by atoms with Crippen molar-refractivity contribution in [2.75, 3.05) is 13.1 Å². The molecular weight excluding hydrogens is 283 g/mol. The van der Waals surface area contributed by atoms with E-state index in [9.17, 15) is 4.79 Å². The largest absolute Gasteiger partial charge is 0.337 e. The summed E-state index contributed by atoms with van der Waals surface area (Å²) in [5, 5.41) is 4.25. The van der Waals surface area contributed by atoms with Crippen LogP contribution in [0.2, 0.25) is 5.02 Å². The first-order chi connectivity index (χ1) is 8.72. The third-order valence-corrected chi connectivity index (χ3v) is 4.15. The molecule has 0 saturated carbocycles. The highest BCUT2D eigenvalue weighted by Gasteiger charge is 2.31. The third-order valence-electron chi connectivity index (χ3n) is 3.90. The normalized spacial score (nSPS) is 25.6. The topological polar surface area (TPSA) is 32.3 Å². The Morgan fingerprint density at radius 3 is 2.58 bits per heavy atom. The minimum absolute atomic E-state index is 0. The van der Waals surface area contributed by atoms with Crippen molar-refractivity contribution in [1.82, 2.24) is 10.2 Å². The van der Waals surface area contributed by atoms with Gasteiger partial charge in [0.05, 0.1) is 0 Å². The average molecular weight is 301 g/mol. The van der Waals surface area contributed by atoms with Crippen molar-refractivity contribution in [2.45, 2.75) is 31.3 Å². The second-order valence-electron chi connectivity index (χ2n) is 5.18. The van der Waals surface area contributed by atoms with Crippen molar-refractivity contribution in [2.24, 2.45) is 0 Å². The smallest absolute Gasteiger partial charge is 0.253 e. The van der Waals surface area contributed by atoms with E-state index >= 15 is 0 Å². The van der Waals surface area contributed by atoms with E-state index in [1.807, 2.05) is 4.90 Å². The molecule has 2 fully saturated rings. The highest BCUT2D eigenvalue weighted by atomic mass is 35.5. The number of fused-ring (bicyclic) bond motifs is 2. The van der Waals surface area contributed by atoms with Gasteiger partial charge in [-0.15, -0.1) is 12.4 Å². The zero-order chi connectivity index (χ0) is 12.5. The summed E-state index contributed by atoms with van der Waals surface area (Å²) < 4.78 is 0. The molecule has 5 heteroatoms. The first-order valence-corrected chi connectivity index (χ1v) is 6.91. The van der Waals surface area contributed by atoms with Crippen LogP contribution in [-0.2, 0) is 0 Å². The number of carbonyl (C=O) groups excluding carboxylic acids is 1. The summed E-state index contributed by atoms with van der Waals surface area (Å²) in [6.45, 7) is 1.69. The van der Waals surface area contributed by atoms with Gasteiger partial charge in [0.25, 0.3) is 5.91 Å². The Morgan fingerprint density at radius 2 is 1.84 bits per heavy atom. The summed E-state index contributed by atoms with van der Waals surface area (Å²) in [6, 6.07) is 8.25. The molecule has 3 rings (SSSR count). The van der Waals surface area contributed by atoms with E-state index in [1.165, 1.54) is 12.8 Å². The fourth-order valence-electron chi connectivity index (χ4n) is 2.90. The third kappa shape index (κ3) is 3.22. The van der Waals surface area contributed by atoms with E-state index in [0.717, 1.165) is 25.1 Å². The molecule has 3 nitrogen and oxygen atoms in total. The van der Waals surface area contributed by atoms with Gasteiger partial charge in [-0.3, -0.25) is 4.79 Å². The van der Waals surface area contributed by atoms with Crippen LogP contribution >= 0.6 is 24.0 Å². The van der Waals surface area contributed by atoms with E-state index in [-0.39, 0.29) is 18.3 Å². The van der Waals surface area contributed by atoms with E-state index < -0.39 is 0 Å². The highest BCUT2D eigenvalue weighted by Crippen LogP contribution is 2.21. The maximum atomic E-state index is 12.4. The van der Waals surface area contributed by atoms with Crippen molar-refractivity contribution in [3.8, 4) is 0 Å². The Hall–Kier alpha value is -0.770. The number of rotatable bonds is 1. The van der Waals surface area contributed by atoms with E-state index in [0.29, 0.717) is 17.1 Å². The second-order valence-corrected chi connectivity index (χ2v) is 5.62. The molecule has 2 aliphatic rings. The molecule has 0 spiro atoms. The number of carbonyl (C=O) groups is 1. The summed E-state index contributed by atoms with van der Waals surface area (Å²) >= 11 is 5.84. The minimum atomic E-state index is 0. The van der Waals surface area contributed by atoms with Crippen LogP contribution in [0.15, 0.2) is 24.3 Å². The fraction of sp³-hybridized carbons (Fsp3) is 0.500. The molecule has 2 atom stereocenters. The lowest BCUT2D eigenvalue weighted by Gasteiger charge is -2.24. The van der Waals surface area contributed by atoms with Gasteiger partial charge >= 0.3 is 0 Å². The monoisotopic (exact) mass is 300 g/mol. The van der Waals surface area contributed by atoms with Crippen molar-refractivity contribution in [3.05, 3.63) is 34.9 Å². The van der Waals surface area contributed by atoms with Crippen LogP contribution in [0.25, 0.3) is 0 Å². The average Bonchev–Trinajstić information content (AvgIpc) is 2.69. The molecule has 2 saturated heterocycles. The van der Waals surface area contributed by atoms with Crippen LogP contribution in [0.3, 0.4) is 0 Å². The fourth-order valence-corrected chi connectivity index (χ4v) is 3.03. The molecule has 1 amide bonds. The number of amides is 1. The Labute approximate surface area is 124 Å². The Bertz CT molecular complexity index is 449. The molecule has 2 unspecified atom stereocenters. The lowest BCUT2D eigenvalue weighted by atomic mass is 10.1. The quantitative estimate of drug-likeness (QED) is 0.865. The Kier molecular flexibility index (Phi) is 4.71. The van der Waals surface area contributed by atoms with E-state index in [2.05, 4.69) is 5.32 Å². The summed E-state index contributed by atoms with van der Waals surface area (Å²) in [5.41, 5.74) is 0.733. The van der Waals surface area contributed by atoms with Gasteiger partial charge in [0.2, 0.25) is 0 Å². The van der Waals surface area contributed by atoms with Gasteiger partial charge < -0.3 is 10.2 Å². The van der Waals surface area contributed by atoms with Crippen molar-refractivity contribution in [3.63, 3.8) is 0 Å². The predicted octanol–water partition coefficient (Wildman–Crippen LogP) is 2.73. The minimum Gasteiger partial charge on any atom is -0.337 e. The number of nitrogens with zero attached hydrogens (tertiary/aromatic N) is 1. The predicted molar refractivity (Wildman–Crippen MR) is 79.2 cm³/mol. The van der Waals surface area contributed by atoms with Gasteiger partial charge in [-0.05, 0) is 43.5 Å². The summed E-state index contributed by atoms with van der Waals surface area (Å²) in [6.07, 6.45) is 3.51. The number of hydrogen-bond donors (Lipinski definition) is 1. The molecule has 0 aromatic heterocycles. The van der Waals surface area contributed by atoms with Crippen LogP contribution in [0.4, 0.5) is 0 Å². The molecular formula is C14H18Cl2N2O. The number of halogens is 2. The zero-order valence-corrected chi connectivity index (χ0v) is 12.2. The number of likely N-dealkylation sites (tertiary alicyclic amines) is 1. The van der Waals surface area contributed by atoms with Gasteiger partial charge in [0.1, 0.15) is 0 Å². The maximum absolute atomic E-state index is 12.4. The molecule has 104 valence electrons. The lowest BCUT2D eigenvalue weighted by molar-refractivity contribution is 0.0748. The van der Waals surface area contributed by atoms with Crippen LogP contribution in [-0.4, -0.2) is 36.0 Å². The van der Waals surface area contributed by atoms with E-state index in [4.69, 9.17) is 11.6 Å². The first-order valence-electron chi connectivity index (χ1n) is 6.53. The first kappa shape index (κ1) is 14.6. The summed E-state index contributed by atoms with van der Waals surface area (Å²) in [5.74, 6) is 0.126. The maximum Gasteiger partial charge on any atom is 0.253 e. The molecule has 2 aliphatic heterocycles. The number of benzene rings is 1. The Morgan fingerprint density at radius 1 is 1.16 bits per heavy atom. The Balaban J connectivity index is 0.00000133. The van der Waals surface area contributed by atoms with Gasteiger partial charge in [-0.2, -0.15) is 0 Å². The van der Waals surface area contributed by atoms with Crippen molar-refractivity contribution in [1.29, 1.82) is 0 Å². The molecule has 1 aromatic carbocycles. The molecule has 0 aliphatic carbocycles. The molecule has 1 N–H and O–H groups in total. The van der Waals surface area contributed by atoms with Gasteiger partial charge in [0.15, 0.2) is 0 Å². The van der Waals surface area contributed by atoms with Crippen LogP contribution < -0.4 is 5.32 Å². The summed E-state index contributed by atoms with van der Waals surface area (Å²) in [4.78, 5) is 14.4. The second kappa shape index (κ2) is 6.12. The standard InChI is InChI=1S/C14H17ClN2O.ClH/c15-11-3-1-10(2-4-11)14(18)17-8-7-12-5-6-13(9-17)16-12;/h1-4,12-13,16H,5-9H2;1H. The SMILES string of the molecule is Cl.O=C(c1ccc(Cl)cc1)N1CCC2CCC(C1)N2. The van der Waals surface area contributed by atoms with Crippen molar-refractivity contribution >= 4 is 29.9 Å². The van der Waals surface area contributed by atoms with Crippen LogP contribution in [0.1, 0.15) is 29.6 Å². The summed E-state index contributed by atoms with van der Waals surface area (Å²) in [7, 11) is 0.